The summed E-state index contributed by atoms with van der Waals surface area (Å²) in [6.45, 7) is 0. The highest BCUT2D eigenvalue weighted by Gasteiger charge is 2.10. The van der Waals surface area contributed by atoms with Crippen molar-refractivity contribution in [1.82, 2.24) is 0 Å². The van der Waals surface area contributed by atoms with Gasteiger partial charge in [-0.1, -0.05) is 15.9 Å². The molecule has 1 aromatic rings. The van der Waals surface area contributed by atoms with Crippen molar-refractivity contribution in [3.63, 3.8) is 0 Å². The van der Waals surface area contributed by atoms with Crippen molar-refractivity contribution in [1.29, 1.82) is 0 Å². The zero-order chi connectivity index (χ0) is 8.55. The van der Waals surface area contributed by atoms with Crippen LogP contribution in [0.4, 0.5) is 0 Å². The maximum Gasteiger partial charge on any atom is 0.217 e. The van der Waals surface area contributed by atoms with Gasteiger partial charge in [0.05, 0.1) is 0 Å². The minimum absolute atomic E-state index is 0.716. The highest BCUT2D eigenvalue weighted by molar-refractivity contribution is 9.10. The largest absolute Gasteiger partial charge is 0.461 e. The Morgan fingerprint density at radius 1 is 1.42 bits per heavy atom. The molecule has 0 aliphatic carbocycles. The van der Waals surface area contributed by atoms with Gasteiger partial charge in [-0.3, -0.25) is 0 Å². The van der Waals surface area contributed by atoms with Gasteiger partial charge in [-0.05, 0) is 30.4 Å². The lowest BCUT2D eigenvalue weighted by atomic mass is 10.1. The van der Waals surface area contributed by atoms with Crippen LogP contribution in [0.25, 0.3) is 6.08 Å². The number of ether oxygens (including phenoxy) is 1. The van der Waals surface area contributed by atoms with E-state index in [1.807, 2.05) is 24.3 Å². The Morgan fingerprint density at radius 3 is 3.08 bits per heavy atom. The number of halogens is 1. The second kappa shape index (κ2) is 2.92. The van der Waals surface area contributed by atoms with Gasteiger partial charge in [-0.25, -0.2) is 0 Å². The third-order valence-electron chi connectivity index (χ3n) is 1.66. The highest BCUT2D eigenvalue weighted by Crippen LogP contribution is 2.27. The Labute approximate surface area is 78.6 Å². The van der Waals surface area contributed by atoms with E-state index in [-0.39, 0.29) is 0 Å². The van der Waals surface area contributed by atoms with E-state index in [2.05, 4.69) is 15.9 Å². The molecular formula is C9H7BrO2. The third-order valence-corrected chi connectivity index (χ3v) is 2.15. The van der Waals surface area contributed by atoms with Crippen LogP contribution in [0.15, 0.2) is 28.7 Å². The van der Waals surface area contributed by atoms with Crippen molar-refractivity contribution >= 4 is 22.0 Å². The van der Waals surface area contributed by atoms with Gasteiger partial charge in [0.1, 0.15) is 5.75 Å². The summed E-state index contributed by atoms with van der Waals surface area (Å²) >= 11 is 3.35. The van der Waals surface area contributed by atoms with E-state index in [4.69, 9.17) is 9.84 Å². The summed E-state index contributed by atoms with van der Waals surface area (Å²) in [5.41, 5.74) is 0.981. The van der Waals surface area contributed by atoms with Crippen molar-refractivity contribution in [2.75, 3.05) is 0 Å². The molecule has 2 nitrogen and oxygen atoms in total. The molecule has 0 amide bonds. The normalized spacial score (nSPS) is 20.0. The number of fused-ring (bicyclic) bond motifs is 1. The van der Waals surface area contributed by atoms with Crippen molar-refractivity contribution in [3.8, 4) is 5.75 Å². The van der Waals surface area contributed by atoms with Crippen molar-refractivity contribution < 1.29 is 9.84 Å². The van der Waals surface area contributed by atoms with E-state index in [0.717, 1.165) is 10.0 Å². The average molecular weight is 227 g/mol. The molecule has 1 aromatic carbocycles. The fraction of sp³-hybridized carbons (Fsp3) is 0.111. The van der Waals surface area contributed by atoms with Gasteiger partial charge in [0.25, 0.3) is 0 Å². The Morgan fingerprint density at radius 2 is 2.25 bits per heavy atom. The molecule has 0 spiro atoms. The number of aliphatic hydroxyl groups excluding tert-OH is 1. The molecule has 1 aliphatic heterocycles. The molecule has 1 N–H and O–H groups in total. The number of rotatable bonds is 0. The molecular weight excluding hydrogens is 220 g/mol. The zero-order valence-electron chi connectivity index (χ0n) is 6.20. The van der Waals surface area contributed by atoms with Crippen molar-refractivity contribution in [2.45, 2.75) is 6.29 Å². The zero-order valence-corrected chi connectivity index (χ0v) is 7.78. The molecule has 1 heterocycles. The molecule has 12 heavy (non-hydrogen) atoms. The first kappa shape index (κ1) is 7.83. The van der Waals surface area contributed by atoms with Gasteiger partial charge in [0, 0.05) is 10.0 Å². The van der Waals surface area contributed by atoms with Gasteiger partial charge in [-0.15, -0.1) is 0 Å². The Bertz CT molecular complexity index is 333. The van der Waals surface area contributed by atoms with Crippen LogP contribution in [0.3, 0.4) is 0 Å². The monoisotopic (exact) mass is 226 g/mol. The Kier molecular flexibility index (Phi) is 1.90. The predicted molar refractivity (Wildman–Crippen MR) is 49.8 cm³/mol. The van der Waals surface area contributed by atoms with Gasteiger partial charge in [0.15, 0.2) is 0 Å². The fourth-order valence-electron chi connectivity index (χ4n) is 1.11. The van der Waals surface area contributed by atoms with Crippen molar-refractivity contribution in [3.05, 3.63) is 34.3 Å². The van der Waals surface area contributed by atoms with Crippen LogP contribution in [0.1, 0.15) is 5.56 Å². The van der Waals surface area contributed by atoms with E-state index < -0.39 is 6.29 Å². The topological polar surface area (TPSA) is 29.5 Å². The summed E-state index contributed by atoms with van der Waals surface area (Å²) in [6.07, 6.45) is 2.64. The van der Waals surface area contributed by atoms with Crippen LogP contribution in [-0.2, 0) is 0 Å². The quantitative estimate of drug-likeness (QED) is 0.735. The summed E-state index contributed by atoms with van der Waals surface area (Å²) in [6, 6.07) is 5.65. The molecule has 0 saturated carbocycles. The van der Waals surface area contributed by atoms with Crippen LogP contribution in [0.2, 0.25) is 0 Å². The summed E-state index contributed by atoms with van der Waals surface area (Å²) in [7, 11) is 0. The van der Waals surface area contributed by atoms with E-state index in [9.17, 15) is 0 Å². The molecule has 1 aliphatic rings. The average Bonchev–Trinajstić information content (AvgIpc) is 2.05. The van der Waals surface area contributed by atoms with E-state index in [1.54, 1.807) is 6.08 Å². The van der Waals surface area contributed by atoms with Crippen LogP contribution in [-0.4, -0.2) is 11.4 Å². The van der Waals surface area contributed by atoms with E-state index in [0.29, 0.717) is 5.75 Å². The first-order valence-corrected chi connectivity index (χ1v) is 4.37. The first-order valence-electron chi connectivity index (χ1n) is 3.58. The summed E-state index contributed by atoms with van der Waals surface area (Å²) in [4.78, 5) is 0. The second-order valence-corrected chi connectivity index (χ2v) is 3.47. The fourth-order valence-corrected chi connectivity index (χ4v) is 1.49. The molecule has 0 radical (unpaired) electrons. The van der Waals surface area contributed by atoms with Crippen LogP contribution in [0, 0.1) is 0 Å². The molecule has 1 unspecified atom stereocenters. The van der Waals surface area contributed by atoms with Gasteiger partial charge in [-0.2, -0.15) is 0 Å². The summed E-state index contributed by atoms with van der Waals surface area (Å²) in [5.74, 6) is 0.716. The van der Waals surface area contributed by atoms with E-state index in [1.165, 1.54) is 0 Å². The summed E-state index contributed by atoms with van der Waals surface area (Å²) in [5, 5.41) is 9.10. The van der Waals surface area contributed by atoms with Crippen LogP contribution >= 0.6 is 15.9 Å². The van der Waals surface area contributed by atoms with E-state index >= 15 is 0 Å². The number of hydrogen-bond donors (Lipinski definition) is 1. The molecule has 3 heteroatoms. The minimum atomic E-state index is -0.807. The Balaban J connectivity index is 2.47. The Hall–Kier alpha value is -0.800. The van der Waals surface area contributed by atoms with Crippen molar-refractivity contribution in [2.24, 2.45) is 0 Å². The SMILES string of the molecule is OC1C=Cc2cc(Br)ccc2O1. The van der Waals surface area contributed by atoms with Gasteiger partial charge in [0.2, 0.25) is 6.29 Å². The van der Waals surface area contributed by atoms with Gasteiger partial charge < -0.3 is 9.84 Å². The second-order valence-electron chi connectivity index (χ2n) is 2.55. The first-order chi connectivity index (χ1) is 5.75. The van der Waals surface area contributed by atoms with Gasteiger partial charge >= 0.3 is 0 Å². The molecule has 0 saturated heterocycles. The minimum Gasteiger partial charge on any atom is -0.461 e. The molecule has 1 atom stereocenters. The highest BCUT2D eigenvalue weighted by atomic mass is 79.9. The molecule has 0 fully saturated rings. The maximum absolute atomic E-state index is 9.10. The maximum atomic E-state index is 9.10. The molecule has 62 valence electrons. The lowest BCUT2D eigenvalue weighted by Gasteiger charge is -2.16. The molecule has 0 bridgehead atoms. The smallest absolute Gasteiger partial charge is 0.217 e. The lowest BCUT2D eigenvalue weighted by molar-refractivity contribution is 0.0231. The van der Waals surface area contributed by atoms with Crippen LogP contribution in [0.5, 0.6) is 5.75 Å². The number of benzene rings is 1. The standard InChI is InChI=1S/C9H7BrO2/c10-7-2-3-8-6(5-7)1-4-9(11)12-8/h1-5,9,11H. The molecule has 0 aromatic heterocycles. The predicted octanol–water partition coefficient (Wildman–Crippen LogP) is 2.17. The molecule has 2 rings (SSSR count). The third kappa shape index (κ3) is 1.38. The van der Waals surface area contributed by atoms with Crippen LogP contribution < -0.4 is 4.74 Å². The number of hydrogen-bond acceptors (Lipinski definition) is 2. The number of aliphatic hydroxyl groups is 1. The summed E-state index contributed by atoms with van der Waals surface area (Å²) < 4.78 is 6.14. The lowest BCUT2D eigenvalue weighted by Crippen LogP contribution is -2.15.